The van der Waals surface area contributed by atoms with Gasteiger partial charge in [0.1, 0.15) is 0 Å². The summed E-state index contributed by atoms with van der Waals surface area (Å²) in [6.45, 7) is 5.42. The minimum Gasteiger partial charge on any atom is -0.373 e. The first-order chi connectivity index (χ1) is 5.24. The van der Waals surface area contributed by atoms with Gasteiger partial charge in [-0.25, -0.2) is 0 Å². The second-order valence-electron chi connectivity index (χ2n) is 2.99. The van der Waals surface area contributed by atoms with Gasteiger partial charge >= 0.3 is 0 Å². The number of carbonyl (C=O) groups excluding carboxylic acids is 1. The topological polar surface area (TPSA) is 41.6 Å². The van der Waals surface area contributed by atoms with Gasteiger partial charge in [0.2, 0.25) is 5.91 Å². The summed E-state index contributed by atoms with van der Waals surface area (Å²) in [6, 6.07) is 0. The molecule has 1 saturated heterocycles. The summed E-state index contributed by atoms with van der Waals surface area (Å²) in [6.07, 6.45) is 1.22. The van der Waals surface area contributed by atoms with E-state index < -0.39 is 0 Å². The Bertz CT molecular complexity index is 143. The molecule has 0 aromatic heterocycles. The van der Waals surface area contributed by atoms with Gasteiger partial charge in [-0.3, -0.25) is 4.79 Å². The molecule has 0 spiro atoms. The van der Waals surface area contributed by atoms with Gasteiger partial charge in [0.15, 0.2) is 0 Å². The van der Waals surface area contributed by atoms with Crippen molar-refractivity contribution in [2.24, 2.45) is 5.92 Å². The Morgan fingerprint density at radius 2 is 2.45 bits per heavy atom. The number of epoxide rings is 1. The zero-order valence-corrected chi connectivity index (χ0v) is 7.09. The number of hydrogen-bond acceptors (Lipinski definition) is 2. The van der Waals surface area contributed by atoms with Crippen molar-refractivity contribution >= 4 is 5.91 Å². The Balaban J connectivity index is 2.15. The summed E-state index contributed by atoms with van der Waals surface area (Å²) in [5.41, 5.74) is 0. The van der Waals surface area contributed by atoms with Gasteiger partial charge < -0.3 is 10.1 Å². The van der Waals surface area contributed by atoms with Gasteiger partial charge in [-0.05, 0) is 13.3 Å². The van der Waals surface area contributed by atoms with Crippen LogP contribution in [0.15, 0.2) is 0 Å². The molecule has 2 atom stereocenters. The third-order valence-corrected chi connectivity index (χ3v) is 1.82. The minimum atomic E-state index is 0.0995. The highest BCUT2D eigenvalue weighted by Crippen LogP contribution is 2.18. The second-order valence-corrected chi connectivity index (χ2v) is 2.99. The van der Waals surface area contributed by atoms with E-state index in [-0.39, 0.29) is 11.8 Å². The maximum absolute atomic E-state index is 11.1. The first-order valence-electron chi connectivity index (χ1n) is 4.13. The van der Waals surface area contributed by atoms with Crippen LogP contribution in [0.2, 0.25) is 0 Å². The van der Waals surface area contributed by atoms with Crippen LogP contribution in [0.4, 0.5) is 0 Å². The van der Waals surface area contributed by atoms with Crippen molar-refractivity contribution in [2.45, 2.75) is 26.4 Å². The maximum atomic E-state index is 11.1. The SMILES string of the molecule is CCNC(=O)C(C)CC1CO1. The van der Waals surface area contributed by atoms with Crippen LogP contribution in [0, 0.1) is 5.92 Å². The Morgan fingerprint density at radius 3 is 2.91 bits per heavy atom. The number of carbonyl (C=O) groups is 1. The summed E-state index contributed by atoms with van der Waals surface area (Å²) in [7, 11) is 0. The van der Waals surface area contributed by atoms with E-state index in [0.717, 1.165) is 13.0 Å². The Hall–Kier alpha value is -0.570. The van der Waals surface area contributed by atoms with Crippen molar-refractivity contribution in [1.82, 2.24) is 5.32 Å². The lowest BCUT2D eigenvalue weighted by molar-refractivity contribution is -0.124. The minimum absolute atomic E-state index is 0.0995. The van der Waals surface area contributed by atoms with Gasteiger partial charge in [-0.2, -0.15) is 0 Å². The molecule has 1 N–H and O–H groups in total. The number of hydrogen-bond donors (Lipinski definition) is 1. The highest BCUT2D eigenvalue weighted by Gasteiger charge is 2.27. The second kappa shape index (κ2) is 3.72. The van der Waals surface area contributed by atoms with Crippen molar-refractivity contribution in [3.63, 3.8) is 0 Å². The zero-order valence-electron chi connectivity index (χ0n) is 7.09. The fourth-order valence-corrected chi connectivity index (χ4v) is 1.05. The highest BCUT2D eigenvalue weighted by molar-refractivity contribution is 5.78. The molecule has 3 heteroatoms. The monoisotopic (exact) mass is 157 g/mol. The fourth-order valence-electron chi connectivity index (χ4n) is 1.05. The number of rotatable bonds is 4. The van der Waals surface area contributed by atoms with Crippen molar-refractivity contribution in [2.75, 3.05) is 13.2 Å². The number of nitrogens with one attached hydrogen (secondary N) is 1. The molecule has 1 amide bonds. The lowest BCUT2D eigenvalue weighted by Gasteiger charge is -2.08. The molecule has 1 rings (SSSR count). The van der Waals surface area contributed by atoms with E-state index in [1.54, 1.807) is 0 Å². The molecular weight excluding hydrogens is 142 g/mol. The summed E-state index contributed by atoms with van der Waals surface area (Å²) < 4.78 is 5.03. The van der Waals surface area contributed by atoms with E-state index >= 15 is 0 Å². The van der Waals surface area contributed by atoms with Gasteiger partial charge in [-0.15, -0.1) is 0 Å². The first kappa shape index (κ1) is 8.53. The molecule has 2 unspecified atom stereocenters. The van der Waals surface area contributed by atoms with E-state index in [1.807, 2.05) is 13.8 Å². The van der Waals surface area contributed by atoms with Crippen molar-refractivity contribution in [3.05, 3.63) is 0 Å². The standard InChI is InChI=1S/C8H15NO2/c1-3-9-8(10)6(2)4-7-5-11-7/h6-7H,3-5H2,1-2H3,(H,9,10). The lowest BCUT2D eigenvalue weighted by Crippen LogP contribution is -2.29. The molecule has 1 fully saturated rings. The molecule has 64 valence electrons. The van der Waals surface area contributed by atoms with Crippen molar-refractivity contribution in [3.8, 4) is 0 Å². The third-order valence-electron chi connectivity index (χ3n) is 1.82. The molecule has 11 heavy (non-hydrogen) atoms. The number of amides is 1. The molecule has 0 bridgehead atoms. The molecule has 0 radical (unpaired) electrons. The average Bonchev–Trinajstić information content (AvgIpc) is 2.72. The first-order valence-corrected chi connectivity index (χ1v) is 4.13. The van der Waals surface area contributed by atoms with Crippen LogP contribution in [0.5, 0.6) is 0 Å². The molecule has 1 aliphatic heterocycles. The normalized spacial score (nSPS) is 24.4. The third kappa shape index (κ3) is 2.89. The molecule has 1 heterocycles. The summed E-state index contributed by atoms with van der Waals surface area (Å²) in [5.74, 6) is 0.241. The predicted octanol–water partition coefficient (Wildman–Crippen LogP) is 0.547. The van der Waals surface area contributed by atoms with Crippen molar-refractivity contribution in [1.29, 1.82) is 0 Å². The van der Waals surface area contributed by atoms with Gasteiger partial charge in [0.05, 0.1) is 12.7 Å². The van der Waals surface area contributed by atoms with Crippen LogP contribution in [-0.2, 0) is 9.53 Å². The molecule has 0 saturated carbocycles. The lowest BCUT2D eigenvalue weighted by atomic mass is 10.1. The van der Waals surface area contributed by atoms with Crippen LogP contribution in [-0.4, -0.2) is 25.2 Å². The quantitative estimate of drug-likeness (QED) is 0.605. The Kier molecular flexibility index (Phi) is 2.88. The van der Waals surface area contributed by atoms with Gasteiger partial charge in [0.25, 0.3) is 0 Å². The molecule has 0 aliphatic carbocycles. The summed E-state index contributed by atoms with van der Waals surface area (Å²) >= 11 is 0. The molecule has 3 nitrogen and oxygen atoms in total. The molecule has 1 aliphatic rings. The molecular formula is C8H15NO2. The van der Waals surface area contributed by atoms with Crippen molar-refractivity contribution < 1.29 is 9.53 Å². The number of ether oxygens (including phenoxy) is 1. The van der Waals surface area contributed by atoms with E-state index in [9.17, 15) is 4.79 Å². The highest BCUT2D eigenvalue weighted by atomic mass is 16.6. The summed E-state index contributed by atoms with van der Waals surface area (Å²) in [4.78, 5) is 11.1. The van der Waals surface area contributed by atoms with E-state index in [1.165, 1.54) is 0 Å². The van der Waals surface area contributed by atoms with Crippen LogP contribution < -0.4 is 5.32 Å². The van der Waals surface area contributed by atoms with Gasteiger partial charge in [0, 0.05) is 12.5 Å². The van der Waals surface area contributed by atoms with E-state index in [0.29, 0.717) is 12.6 Å². The fraction of sp³-hybridized carbons (Fsp3) is 0.875. The van der Waals surface area contributed by atoms with Crippen LogP contribution in [0.1, 0.15) is 20.3 Å². The molecule has 0 aromatic rings. The van der Waals surface area contributed by atoms with E-state index in [4.69, 9.17) is 4.74 Å². The van der Waals surface area contributed by atoms with Gasteiger partial charge in [-0.1, -0.05) is 6.92 Å². The van der Waals surface area contributed by atoms with Crippen LogP contribution >= 0.6 is 0 Å². The Morgan fingerprint density at radius 1 is 1.82 bits per heavy atom. The Labute approximate surface area is 67.1 Å². The maximum Gasteiger partial charge on any atom is 0.222 e. The average molecular weight is 157 g/mol. The van der Waals surface area contributed by atoms with Crippen LogP contribution in [0.3, 0.4) is 0 Å². The zero-order chi connectivity index (χ0) is 8.27. The molecule has 0 aromatic carbocycles. The van der Waals surface area contributed by atoms with E-state index in [2.05, 4.69) is 5.32 Å². The van der Waals surface area contributed by atoms with Crippen LogP contribution in [0.25, 0.3) is 0 Å². The smallest absolute Gasteiger partial charge is 0.222 e. The predicted molar refractivity (Wildman–Crippen MR) is 42.2 cm³/mol. The largest absolute Gasteiger partial charge is 0.373 e. The summed E-state index contributed by atoms with van der Waals surface area (Å²) in [5, 5.41) is 2.78.